The van der Waals surface area contributed by atoms with Gasteiger partial charge >= 0.3 is 7.52 Å². The molecule has 0 saturated carbocycles. The predicted molar refractivity (Wildman–Crippen MR) is 150 cm³/mol. The smallest absolute Gasteiger partial charge is 0.335 e. The maximum atomic E-state index is 14.6. The van der Waals surface area contributed by atoms with E-state index in [0.717, 1.165) is 38.2 Å². The summed E-state index contributed by atoms with van der Waals surface area (Å²) >= 11 is 12.8. The molecule has 1 aliphatic rings. The predicted octanol–water partition coefficient (Wildman–Crippen LogP) is 9.58. The molecule has 3 atom stereocenters. The van der Waals surface area contributed by atoms with Crippen molar-refractivity contribution in [1.29, 1.82) is 0 Å². The fourth-order valence-electron chi connectivity index (χ4n) is 5.44. The first-order chi connectivity index (χ1) is 17.5. The molecule has 0 radical (unpaired) electrons. The average molecular weight is 532 g/mol. The quantitative estimate of drug-likeness (QED) is 0.171. The van der Waals surface area contributed by atoms with Crippen LogP contribution in [0.3, 0.4) is 0 Å². The molecule has 6 rings (SSSR count). The van der Waals surface area contributed by atoms with Crippen molar-refractivity contribution in [1.82, 2.24) is 4.67 Å². The Balaban J connectivity index is 1.65. The van der Waals surface area contributed by atoms with Crippen molar-refractivity contribution in [2.24, 2.45) is 0 Å². The Bertz CT molecular complexity index is 1630. The van der Waals surface area contributed by atoms with Gasteiger partial charge in [0, 0.05) is 16.6 Å². The van der Waals surface area contributed by atoms with E-state index < -0.39 is 7.52 Å². The van der Waals surface area contributed by atoms with Crippen molar-refractivity contribution >= 4 is 52.3 Å². The molecule has 0 fully saturated rings. The van der Waals surface area contributed by atoms with Gasteiger partial charge in [-0.15, -0.1) is 11.6 Å². The molecule has 6 heteroatoms. The minimum Gasteiger partial charge on any atom is -0.431 e. The highest BCUT2D eigenvalue weighted by molar-refractivity contribution is 7.58. The van der Waals surface area contributed by atoms with Crippen molar-refractivity contribution in [3.8, 4) is 5.75 Å². The van der Waals surface area contributed by atoms with Crippen LogP contribution in [0.25, 0.3) is 21.5 Å². The van der Waals surface area contributed by atoms with E-state index in [-0.39, 0.29) is 17.7 Å². The number of rotatable bonds is 4. The van der Waals surface area contributed by atoms with E-state index in [0.29, 0.717) is 10.8 Å². The highest BCUT2D eigenvalue weighted by Gasteiger charge is 2.48. The molecule has 5 aromatic carbocycles. The van der Waals surface area contributed by atoms with Crippen molar-refractivity contribution in [3.63, 3.8) is 0 Å². The fraction of sp³-hybridized carbons (Fsp3) is 0.133. The second-order valence-corrected chi connectivity index (χ2v) is 12.4. The van der Waals surface area contributed by atoms with Crippen molar-refractivity contribution < 1.29 is 9.09 Å². The summed E-state index contributed by atoms with van der Waals surface area (Å²) in [5.74, 6) is 0.610. The van der Waals surface area contributed by atoms with Crippen LogP contribution in [0, 0.1) is 0 Å². The third-order valence-corrected chi connectivity index (χ3v) is 10.3. The molecule has 0 bridgehead atoms. The van der Waals surface area contributed by atoms with Gasteiger partial charge < -0.3 is 4.52 Å². The lowest BCUT2D eigenvalue weighted by molar-refractivity contribution is 0.244. The molecular formula is C30H24Cl2NO2P. The number of benzene rings is 5. The molecule has 0 aliphatic carbocycles. The Morgan fingerprint density at radius 2 is 1.47 bits per heavy atom. The van der Waals surface area contributed by atoms with Crippen LogP contribution < -0.4 is 4.52 Å². The van der Waals surface area contributed by atoms with Crippen LogP contribution in [-0.4, -0.2) is 10.3 Å². The summed E-state index contributed by atoms with van der Waals surface area (Å²) in [7, 11) is -3.48. The van der Waals surface area contributed by atoms with Crippen molar-refractivity contribution in [2.45, 2.75) is 19.0 Å². The SMILES string of the molecule is C[C@@H](c1cccc2ccccc12)N1[C@@H](c2ccc(Cl)cc2)c2c(ccc3ccccc23)O[P@@]1(=O)CCl. The molecule has 0 aromatic heterocycles. The number of alkyl halides is 1. The Morgan fingerprint density at radius 1 is 0.833 bits per heavy atom. The zero-order chi connectivity index (χ0) is 24.9. The molecule has 1 heterocycles. The fourth-order valence-corrected chi connectivity index (χ4v) is 8.07. The van der Waals surface area contributed by atoms with Gasteiger partial charge in [-0.3, -0.25) is 4.57 Å². The summed E-state index contributed by atoms with van der Waals surface area (Å²) in [6, 6.07) is 33.8. The Kier molecular flexibility index (Phi) is 6.06. The van der Waals surface area contributed by atoms with E-state index in [2.05, 4.69) is 43.3 Å². The molecule has 36 heavy (non-hydrogen) atoms. The Morgan fingerprint density at radius 3 is 2.19 bits per heavy atom. The minimum atomic E-state index is -3.48. The van der Waals surface area contributed by atoms with E-state index >= 15 is 0 Å². The number of hydrogen-bond acceptors (Lipinski definition) is 2. The summed E-state index contributed by atoms with van der Waals surface area (Å²) in [5, 5.41) is 5.06. The van der Waals surface area contributed by atoms with Crippen molar-refractivity contribution in [3.05, 3.63) is 125 Å². The van der Waals surface area contributed by atoms with Gasteiger partial charge in [-0.25, -0.2) is 4.67 Å². The minimum absolute atomic E-state index is 0.127. The lowest BCUT2D eigenvalue weighted by Gasteiger charge is -2.45. The van der Waals surface area contributed by atoms with E-state index in [4.69, 9.17) is 27.7 Å². The molecule has 180 valence electrons. The Hall–Kier alpha value is -2.81. The second-order valence-electron chi connectivity index (χ2n) is 9.13. The maximum absolute atomic E-state index is 14.6. The van der Waals surface area contributed by atoms with Gasteiger partial charge in [-0.1, -0.05) is 96.5 Å². The molecular weight excluding hydrogens is 508 g/mol. The molecule has 0 N–H and O–H groups in total. The first-order valence-electron chi connectivity index (χ1n) is 11.9. The van der Waals surface area contributed by atoms with Gasteiger partial charge in [0.15, 0.2) is 0 Å². The molecule has 0 saturated heterocycles. The van der Waals surface area contributed by atoms with E-state index in [1.54, 1.807) is 0 Å². The van der Waals surface area contributed by atoms with Gasteiger partial charge in [-0.2, -0.15) is 0 Å². The van der Waals surface area contributed by atoms with Crippen LogP contribution in [-0.2, 0) is 4.57 Å². The molecule has 0 unspecified atom stereocenters. The van der Waals surface area contributed by atoms with E-state index in [1.165, 1.54) is 0 Å². The summed E-state index contributed by atoms with van der Waals surface area (Å²) in [5.41, 5.74) is 2.92. The lowest BCUT2D eigenvalue weighted by Crippen LogP contribution is -2.35. The van der Waals surface area contributed by atoms with E-state index in [9.17, 15) is 4.57 Å². The Labute approximate surface area is 220 Å². The monoisotopic (exact) mass is 531 g/mol. The first kappa shape index (κ1) is 23.6. The van der Waals surface area contributed by atoms with Crippen LogP contribution in [0.5, 0.6) is 5.75 Å². The maximum Gasteiger partial charge on any atom is 0.335 e. The van der Waals surface area contributed by atoms with E-state index in [1.807, 2.05) is 71.4 Å². The highest BCUT2D eigenvalue weighted by atomic mass is 35.5. The molecule has 3 nitrogen and oxygen atoms in total. The van der Waals surface area contributed by atoms with Crippen LogP contribution in [0.4, 0.5) is 0 Å². The first-order valence-corrected chi connectivity index (χ1v) is 14.6. The molecule has 5 aromatic rings. The van der Waals surface area contributed by atoms with Gasteiger partial charge in [0.1, 0.15) is 11.4 Å². The third kappa shape index (κ3) is 3.83. The summed E-state index contributed by atoms with van der Waals surface area (Å²) in [6.45, 7) is 2.09. The molecule has 0 amide bonds. The number of halogens is 2. The third-order valence-electron chi connectivity index (χ3n) is 7.07. The topological polar surface area (TPSA) is 29.5 Å². The van der Waals surface area contributed by atoms with Crippen LogP contribution in [0.2, 0.25) is 5.02 Å². The molecule has 0 spiro atoms. The zero-order valence-electron chi connectivity index (χ0n) is 19.6. The van der Waals surface area contributed by atoms with Crippen molar-refractivity contribution in [2.75, 3.05) is 5.62 Å². The normalized spacial score (nSPS) is 20.7. The van der Waals surface area contributed by atoms with Gasteiger partial charge in [-0.05, 0) is 57.8 Å². The highest BCUT2D eigenvalue weighted by Crippen LogP contribution is 2.66. The summed E-state index contributed by atoms with van der Waals surface area (Å²) in [6.07, 6.45) is 0. The lowest BCUT2D eigenvalue weighted by atomic mass is 9.91. The second kappa shape index (κ2) is 9.25. The number of nitrogens with zero attached hydrogens (tertiary/aromatic N) is 1. The van der Waals surface area contributed by atoms with Gasteiger partial charge in [0.05, 0.1) is 6.04 Å². The summed E-state index contributed by atoms with van der Waals surface area (Å²) in [4.78, 5) is 0. The average Bonchev–Trinajstić information content (AvgIpc) is 2.92. The summed E-state index contributed by atoms with van der Waals surface area (Å²) < 4.78 is 22.9. The largest absolute Gasteiger partial charge is 0.431 e. The van der Waals surface area contributed by atoms with Crippen LogP contribution in [0.1, 0.15) is 35.7 Å². The van der Waals surface area contributed by atoms with Gasteiger partial charge in [0.25, 0.3) is 0 Å². The molecule has 1 aliphatic heterocycles. The number of fused-ring (bicyclic) bond motifs is 4. The standard InChI is InChI=1S/C30H24Cl2NO2P/c1-20(25-12-6-9-21-7-2-4-10-26(21)25)33-30(23-13-16-24(32)17-14-23)29-27-11-5-3-8-22(27)15-18-28(29)35-36(33,34)19-31/h2-18,20,30H,19H2,1H3/t20-,30-,36-/m0/s1. The number of hydrogen-bond donors (Lipinski definition) is 0. The van der Waals surface area contributed by atoms with Gasteiger partial charge in [0.2, 0.25) is 0 Å². The van der Waals surface area contributed by atoms with Crippen LogP contribution in [0.15, 0.2) is 103 Å². The van der Waals surface area contributed by atoms with Crippen LogP contribution >= 0.6 is 30.7 Å². The zero-order valence-corrected chi connectivity index (χ0v) is 22.0.